The van der Waals surface area contributed by atoms with Crippen LogP contribution in [0.5, 0.6) is 0 Å². The monoisotopic (exact) mass is 340 g/mol. The van der Waals surface area contributed by atoms with E-state index in [1.165, 1.54) is 0 Å². The van der Waals surface area contributed by atoms with Gasteiger partial charge in [0, 0.05) is 17.8 Å². The Morgan fingerprint density at radius 2 is 2.00 bits per heavy atom. The largest absolute Gasteiger partial charge is 0.352 e. The zero-order valence-corrected chi connectivity index (χ0v) is 13.7. The third-order valence-corrected chi connectivity index (χ3v) is 4.24. The summed E-state index contributed by atoms with van der Waals surface area (Å²) in [5.41, 5.74) is 1.18. The van der Waals surface area contributed by atoms with Gasteiger partial charge in [0.15, 0.2) is 0 Å². The van der Waals surface area contributed by atoms with Crippen LogP contribution in [0.15, 0.2) is 24.3 Å². The van der Waals surface area contributed by atoms with Gasteiger partial charge >= 0.3 is 0 Å². The smallest absolute Gasteiger partial charge is 0.251 e. The summed E-state index contributed by atoms with van der Waals surface area (Å²) >= 11 is 3.36. The number of hydrogen-bond donors (Lipinski definition) is 2. The molecular formula is C15H21BrN2O2. The third-order valence-electron chi connectivity index (χ3n) is 2.76. The lowest BCUT2D eigenvalue weighted by molar-refractivity contribution is -0.116. The Hall–Kier alpha value is -1.36. The van der Waals surface area contributed by atoms with Crippen LogP contribution in [0.4, 0.5) is 5.69 Å². The van der Waals surface area contributed by atoms with E-state index in [1.54, 1.807) is 24.3 Å². The number of alkyl halides is 1. The van der Waals surface area contributed by atoms with Crippen molar-refractivity contribution in [2.45, 2.75) is 32.0 Å². The summed E-state index contributed by atoms with van der Waals surface area (Å²) in [7, 11) is 0. The number of nitrogens with one attached hydrogen (secondary N) is 2. The van der Waals surface area contributed by atoms with Crippen molar-refractivity contribution in [3.8, 4) is 0 Å². The molecule has 0 heterocycles. The van der Waals surface area contributed by atoms with Crippen LogP contribution in [-0.4, -0.2) is 23.2 Å². The molecule has 0 bridgehead atoms. The average molecular weight is 341 g/mol. The summed E-state index contributed by atoms with van der Waals surface area (Å²) < 4.78 is 0. The molecule has 0 fully saturated rings. The number of amides is 2. The molecule has 0 aliphatic heterocycles. The molecule has 1 unspecified atom stereocenters. The highest BCUT2D eigenvalue weighted by Crippen LogP contribution is 2.16. The van der Waals surface area contributed by atoms with Gasteiger partial charge in [0.05, 0.1) is 4.83 Å². The molecule has 0 radical (unpaired) electrons. The van der Waals surface area contributed by atoms with Gasteiger partial charge in [-0.1, -0.05) is 42.8 Å². The summed E-state index contributed by atoms with van der Waals surface area (Å²) in [5.74, 6) is -0.0284. The van der Waals surface area contributed by atoms with Gasteiger partial charge in [-0.05, 0) is 30.5 Å². The second-order valence-corrected chi connectivity index (χ2v) is 5.96. The summed E-state index contributed by atoms with van der Waals surface area (Å²) in [6, 6.07) is 6.95. The van der Waals surface area contributed by atoms with E-state index >= 15 is 0 Å². The quantitative estimate of drug-likeness (QED) is 0.781. The van der Waals surface area contributed by atoms with E-state index in [1.807, 2.05) is 20.8 Å². The lowest BCUT2D eigenvalue weighted by atomic mass is 10.1. The van der Waals surface area contributed by atoms with Crippen LogP contribution in [0.3, 0.4) is 0 Å². The molecule has 2 N–H and O–H groups in total. The average Bonchev–Trinajstić information content (AvgIpc) is 2.43. The molecule has 110 valence electrons. The third kappa shape index (κ3) is 4.96. The second kappa shape index (κ2) is 8.04. The van der Waals surface area contributed by atoms with Gasteiger partial charge in [-0.2, -0.15) is 0 Å². The SMILES string of the molecule is CCCNC(=O)c1cccc(NC(=O)C(Br)C(C)C)c1. The van der Waals surface area contributed by atoms with E-state index in [0.29, 0.717) is 17.8 Å². The van der Waals surface area contributed by atoms with Crippen molar-refractivity contribution in [1.82, 2.24) is 5.32 Å². The van der Waals surface area contributed by atoms with Gasteiger partial charge < -0.3 is 10.6 Å². The number of halogens is 1. The molecule has 0 aliphatic rings. The molecule has 0 saturated heterocycles. The van der Waals surface area contributed by atoms with Crippen molar-refractivity contribution in [2.75, 3.05) is 11.9 Å². The number of anilines is 1. The first kappa shape index (κ1) is 16.7. The molecule has 0 spiro atoms. The Balaban J connectivity index is 2.73. The highest BCUT2D eigenvalue weighted by Gasteiger charge is 2.18. The van der Waals surface area contributed by atoms with Gasteiger partial charge in [0.25, 0.3) is 5.91 Å². The van der Waals surface area contributed by atoms with E-state index in [9.17, 15) is 9.59 Å². The highest BCUT2D eigenvalue weighted by atomic mass is 79.9. The minimum absolute atomic E-state index is 0.105. The van der Waals surface area contributed by atoms with Gasteiger partial charge in [-0.15, -0.1) is 0 Å². The first-order valence-electron chi connectivity index (χ1n) is 6.79. The Kier molecular flexibility index (Phi) is 6.71. The number of rotatable bonds is 6. The van der Waals surface area contributed by atoms with Crippen LogP contribution < -0.4 is 10.6 Å². The molecule has 1 aromatic carbocycles. The normalized spacial score (nSPS) is 12.1. The lowest BCUT2D eigenvalue weighted by Crippen LogP contribution is -2.27. The van der Waals surface area contributed by atoms with Crippen LogP contribution in [-0.2, 0) is 4.79 Å². The van der Waals surface area contributed by atoms with Crippen LogP contribution in [0, 0.1) is 5.92 Å². The predicted molar refractivity (Wildman–Crippen MR) is 85.2 cm³/mol. The maximum atomic E-state index is 11.9. The van der Waals surface area contributed by atoms with Crippen LogP contribution in [0.1, 0.15) is 37.6 Å². The van der Waals surface area contributed by atoms with E-state index in [0.717, 1.165) is 6.42 Å². The Morgan fingerprint density at radius 3 is 2.60 bits per heavy atom. The molecule has 4 nitrogen and oxygen atoms in total. The molecule has 5 heteroatoms. The number of carbonyl (C=O) groups is 2. The molecule has 20 heavy (non-hydrogen) atoms. The zero-order chi connectivity index (χ0) is 15.1. The first-order chi connectivity index (χ1) is 9.45. The molecule has 0 saturated carbocycles. The maximum Gasteiger partial charge on any atom is 0.251 e. The zero-order valence-electron chi connectivity index (χ0n) is 12.1. The second-order valence-electron chi connectivity index (χ2n) is 4.97. The van der Waals surface area contributed by atoms with Crippen LogP contribution in [0.2, 0.25) is 0 Å². The van der Waals surface area contributed by atoms with Crippen LogP contribution >= 0.6 is 15.9 Å². The topological polar surface area (TPSA) is 58.2 Å². The summed E-state index contributed by atoms with van der Waals surface area (Å²) in [6.07, 6.45) is 0.891. The van der Waals surface area contributed by atoms with Gasteiger partial charge in [-0.3, -0.25) is 9.59 Å². The van der Waals surface area contributed by atoms with E-state index in [-0.39, 0.29) is 22.6 Å². The summed E-state index contributed by atoms with van der Waals surface area (Å²) in [6.45, 7) is 6.58. The first-order valence-corrected chi connectivity index (χ1v) is 7.70. The Labute approximate surface area is 128 Å². The minimum Gasteiger partial charge on any atom is -0.352 e. The number of carbonyl (C=O) groups excluding carboxylic acids is 2. The molecule has 2 amide bonds. The number of benzene rings is 1. The van der Waals surface area contributed by atoms with Crippen molar-refractivity contribution >= 4 is 33.4 Å². The minimum atomic E-state index is -0.250. The molecule has 1 atom stereocenters. The van der Waals surface area contributed by atoms with E-state index in [4.69, 9.17) is 0 Å². The van der Waals surface area contributed by atoms with Crippen molar-refractivity contribution in [1.29, 1.82) is 0 Å². The Bertz CT molecular complexity index is 475. The standard InChI is InChI=1S/C15H21BrN2O2/c1-4-8-17-14(19)11-6-5-7-12(9-11)18-15(20)13(16)10(2)3/h5-7,9-10,13H,4,8H2,1-3H3,(H,17,19)(H,18,20). The van der Waals surface area contributed by atoms with Crippen LogP contribution in [0.25, 0.3) is 0 Å². The fourth-order valence-electron chi connectivity index (χ4n) is 1.59. The fourth-order valence-corrected chi connectivity index (χ4v) is 1.71. The van der Waals surface area contributed by atoms with Gasteiger partial charge in [-0.25, -0.2) is 0 Å². The van der Waals surface area contributed by atoms with Crippen molar-refractivity contribution in [3.63, 3.8) is 0 Å². The molecular weight excluding hydrogens is 320 g/mol. The van der Waals surface area contributed by atoms with Crippen molar-refractivity contribution in [3.05, 3.63) is 29.8 Å². The van der Waals surface area contributed by atoms with E-state index in [2.05, 4.69) is 26.6 Å². The van der Waals surface area contributed by atoms with Gasteiger partial charge in [0.2, 0.25) is 5.91 Å². The van der Waals surface area contributed by atoms with Crippen molar-refractivity contribution in [2.24, 2.45) is 5.92 Å². The summed E-state index contributed by atoms with van der Waals surface area (Å²) in [4.78, 5) is 23.5. The lowest BCUT2D eigenvalue weighted by Gasteiger charge is -2.14. The maximum absolute atomic E-state index is 11.9. The van der Waals surface area contributed by atoms with Crippen molar-refractivity contribution < 1.29 is 9.59 Å². The number of hydrogen-bond acceptors (Lipinski definition) is 2. The Morgan fingerprint density at radius 1 is 1.30 bits per heavy atom. The highest BCUT2D eigenvalue weighted by molar-refractivity contribution is 9.10. The summed E-state index contributed by atoms with van der Waals surface area (Å²) in [5, 5.41) is 5.62. The molecule has 1 rings (SSSR count). The predicted octanol–water partition coefficient (Wildman–Crippen LogP) is 3.18. The molecule has 0 aromatic heterocycles. The van der Waals surface area contributed by atoms with E-state index < -0.39 is 0 Å². The fraction of sp³-hybridized carbons (Fsp3) is 0.467. The molecule has 1 aromatic rings. The molecule has 0 aliphatic carbocycles. The van der Waals surface area contributed by atoms with Gasteiger partial charge in [0.1, 0.15) is 0 Å².